The zero-order valence-electron chi connectivity index (χ0n) is 9.95. The van der Waals surface area contributed by atoms with Gasteiger partial charge in [0.2, 0.25) is 5.91 Å². The predicted octanol–water partition coefficient (Wildman–Crippen LogP) is 2.72. The van der Waals surface area contributed by atoms with Crippen LogP contribution >= 0.6 is 35.0 Å². The first-order valence-electron chi connectivity index (χ1n) is 5.45. The Morgan fingerprint density at radius 3 is 2.83 bits per heavy atom. The minimum atomic E-state index is -0.523. The van der Waals surface area contributed by atoms with Crippen molar-refractivity contribution in [1.82, 2.24) is 5.32 Å². The molecule has 100 valence electrons. The maximum absolute atomic E-state index is 11.4. The lowest BCUT2D eigenvalue weighted by Crippen LogP contribution is -2.31. The Bertz CT molecular complexity index is 413. The number of amides is 1. The van der Waals surface area contributed by atoms with Crippen molar-refractivity contribution in [3.05, 3.63) is 33.8 Å². The van der Waals surface area contributed by atoms with E-state index >= 15 is 0 Å². The SMILES string of the molecule is CC(O)CNC(=O)CSCc1ccc(Cl)cc1Cl. The van der Waals surface area contributed by atoms with Crippen molar-refractivity contribution in [3.63, 3.8) is 0 Å². The standard InChI is InChI=1S/C12H15Cl2NO2S/c1-8(16)5-15-12(17)7-18-6-9-2-3-10(13)4-11(9)14/h2-4,8,16H,5-7H2,1H3,(H,15,17). The van der Waals surface area contributed by atoms with E-state index in [2.05, 4.69) is 5.32 Å². The van der Waals surface area contributed by atoms with Gasteiger partial charge in [0.05, 0.1) is 11.9 Å². The predicted molar refractivity (Wildman–Crippen MR) is 77.3 cm³/mol. The molecule has 0 fully saturated rings. The quantitative estimate of drug-likeness (QED) is 0.849. The van der Waals surface area contributed by atoms with Crippen LogP contribution in [0.25, 0.3) is 0 Å². The number of carbonyl (C=O) groups is 1. The number of carbonyl (C=O) groups excluding carboxylic acids is 1. The smallest absolute Gasteiger partial charge is 0.230 e. The maximum atomic E-state index is 11.4. The van der Waals surface area contributed by atoms with E-state index in [0.29, 0.717) is 21.6 Å². The second-order valence-electron chi connectivity index (χ2n) is 3.88. The van der Waals surface area contributed by atoms with Crippen LogP contribution in [0, 0.1) is 0 Å². The molecular formula is C12H15Cl2NO2S. The van der Waals surface area contributed by atoms with Crippen LogP contribution < -0.4 is 5.32 Å². The molecule has 0 radical (unpaired) electrons. The van der Waals surface area contributed by atoms with Crippen molar-refractivity contribution in [2.75, 3.05) is 12.3 Å². The number of nitrogens with one attached hydrogen (secondary N) is 1. The largest absolute Gasteiger partial charge is 0.392 e. The average Bonchev–Trinajstić information content (AvgIpc) is 2.29. The molecule has 2 N–H and O–H groups in total. The average molecular weight is 308 g/mol. The molecule has 3 nitrogen and oxygen atoms in total. The van der Waals surface area contributed by atoms with Gasteiger partial charge in [-0.25, -0.2) is 0 Å². The van der Waals surface area contributed by atoms with Crippen molar-refractivity contribution in [2.45, 2.75) is 18.8 Å². The van der Waals surface area contributed by atoms with Gasteiger partial charge in [-0.3, -0.25) is 4.79 Å². The molecule has 0 aromatic heterocycles. The molecule has 0 spiro atoms. The molecule has 6 heteroatoms. The Balaban J connectivity index is 2.31. The van der Waals surface area contributed by atoms with E-state index in [9.17, 15) is 4.79 Å². The molecule has 0 saturated carbocycles. The summed E-state index contributed by atoms with van der Waals surface area (Å²) in [5, 5.41) is 12.9. The van der Waals surface area contributed by atoms with E-state index in [0.717, 1.165) is 5.56 Å². The molecule has 1 unspecified atom stereocenters. The van der Waals surface area contributed by atoms with Crippen molar-refractivity contribution in [2.24, 2.45) is 0 Å². The first kappa shape index (κ1) is 15.6. The number of aliphatic hydroxyl groups is 1. The first-order chi connectivity index (χ1) is 8.49. The van der Waals surface area contributed by atoms with Gasteiger partial charge in [-0.2, -0.15) is 0 Å². The number of rotatable bonds is 6. The van der Waals surface area contributed by atoms with Crippen LogP contribution in [0.2, 0.25) is 10.0 Å². The summed E-state index contributed by atoms with van der Waals surface area (Å²) in [4.78, 5) is 11.4. The highest BCUT2D eigenvalue weighted by molar-refractivity contribution is 7.99. The number of benzene rings is 1. The number of hydrogen-bond donors (Lipinski definition) is 2. The summed E-state index contributed by atoms with van der Waals surface area (Å²) in [5.41, 5.74) is 0.953. The third-order valence-electron chi connectivity index (χ3n) is 2.10. The molecule has 1 atom stereocenters. The van der Waals surface area contributed by atoms with Gasteiger partial charge in [0.25, 0.3) is 0 Å². The molecule has 1 aromatic carbocycles. The molecule has 1 aromatic rings. The number of halogens is 2. The minimum absolute atomic E-state index is 0.0917. The molecule has 0 heterocycles. The van der Waals surface area contributed by atoms with Gasteiger partial charge in [0.1, 0.15) is 0 Å². The first-order valence-corrected chi connectivity index (χ1v) is 7.36. The summed E-state index contributed by atoms with van der Waals surface area (Å²) < 4.78 is 0. The number of hydrogen-bond acceptors (Lipinski definition) is 3. The molecule has 0 aliphatic rings. The van der Waals surface area contributed by atoms with Crippen molar-refractivity contribution >= 4 is 40.9 Å². The fourth-order valence-electron chi connectivity index (χ4n) is 1.20. The van der Waals surface area contributed by atoms with Crippen LogP contribution in [-0.4, -0.2) is 29.4 Å². The second kappa shape index (κ2) is 7.89. The number of thioether (sulfide) groups is 1. The van der Waals surface area contributed by atoms with E-state index in [1.165, 1.54) is 11.8 Å². The lowest BCUT2D eigenvalue weighted by molar-refractivity contribution is -0.118. The second-order valence-corrected chi connectivity index (χ2v) is 5.71. The number of aliphatic hydroxyl groups excluding tert-OH is 1. The molecule has 0 aliphatic carbocycles. The van der Waals surface area contributed by atoms with E-state index in [4.69, 9.17) is 28.3 Å². The van der Waals surface area contributed by atoms with Crippen molar-refractivity contribution < 1.29 is 9.90 Å². The molecule has 0 bridgehead atoms. The van der Waals surface area contributed by atoms with Crippen LogP contribution in [0.3, 0.4) is 0 Å². The normalized spacial score (nSPS) is 12.2. The van der Waals surface area contributed by atoms with E-state index < -0.39 is 6.10 Å². The highest BCUT2D eigenvalue weighted by atomic mass is 35.5. The minimum Gasteiger partial charge on any atom is -0.392 e. The van der Waals surface area contributed by atoms with Crippen LogP contribution in [-0.2, 0) is 10.5 Å². The fourth-order valence-corrected chi connectivity index (χ4v) is 2.62. The van der Waals surface area contributed by atoms with Crippen LogP contribution in [0.5, 0.6) is 0 Å². The zero-order valence-corrected chi connectivity index (χ0v) is 12.3. The highest BCUT2D eigenvalue weighted by Crippen LogP contribution is 2.24. The Labute approximate surface area is 121 Å². The highest BCUT2D eigenvalue weighted by Gasteiger charge is 2.05. The summed E-state index contributed by atoms with van der Waals surface area (Å²) in [7, 11) is 0. The summed E-state index contributed by atoms with van der Waals surface area (Å²) >= 11 is 13.3. The van der Waals surface area contributed by atoms with Gasteiger partial charge in [0.15, 0.2) is 0 Å². The summed E-state index contributed by atoms with van der Waals surface area (Å²) in [6.45, 7) is 1.90. The fraction of sp³-hybridized carbons (Fsp3) is 0.417. The van der Waals surface area contributed by atoms with Gasteiger partial charge in [0, 0.05) is 22.3 Å². The van der Waals surface area contributed by atoms with Gasteiger partial charge in [-0.05, 0) is 24.6 Å². The monoisotopic (exact) mass is 307 g/mol. The Hall–Kier alpha value is -0.420. The summed E-state index contributed by atoms with van der Waals surface area (Å²) in [5.74, 6) is 0.898. The molecule has 1 rings (SSSR count). The van der Waals surface area contributed by atoms with Gasteiger partial charge in [-0.1, -0.05) is 29.3 Å². The van der Waals surface area contributed by atoms with Gasteiger partial charge < -0.3 is 10.4 Å². The topological polar surface area (TPSA) is 49.3 Å². The zero-order chi connectivity index (χ0) is 13.5. The summed E-state index contributed by atoms with van der Waals surface area (Å²) in [6, 6.07) is 5.31. The lowest BCUT2D eigenvalue weighted by Gasteiger charge is -2.07. The molecule has 0 aliphatic heterocycles. The van der Waals surface area contributed by atoms with E-state index in [1.54, 1.807) is 19.1 Å². The van der Waals surface area contributed by atoms with Crippen molar-refractivity contribution in [3.8, 4) is 0 Å². The molecule has 0 saturated heterocycles. The Morgan fingerprint density at radius 1 is 1.50 bits per heavy atom. The van der Waals surface area contributed by atoms with Crippen LogP contribution in [0.4, 0.5) is 0 Å². The van der Waals surface area contributed by atoms with E-state index in [-0.39, 0.29) is 12.5 Å². The van der Waals surface area contributed by atoms with Gasteiger partial charge in [-0.15, -0.1) is 11.8 Å². The third kappa shape index (κ3) is 5.96. The molecular weight excluding hydrogens is 293 g/mol. The van der Waals surface area contributed by atoms with Crippen molar-refractivity contribution in [1.29, 1.82) is 0 Å². The summed E-state index contributed by atoms with van der Waals surface area (Å²) in [6.07, 6.45) is -0.523. The van der Waals surface area contributed by atoms with E-state index in [1.807, 2.05) is 6.07 Å². The van der Waals surface area contributed by atoms with Crippen LogP contribution in [0.15, 0.2) is 18.2 Å². The molecule has 18 heavy (non-hydrogen) atoms. The Morgan fingerprint density at radius 2 is 2.22 bits per heavy atom. The maximum Gasteiger partial charge on any atom is 0.230 e. The molecule has 1 amide bonds. The Kier molecular flexibility index (Phi) is 6.86. The lowest BCUT2D eigenvalue weighted by atomic mass is 10.2. The van der Waals surface area contributed by atoms with Gasteiger partial charge >= 0.3 is 0 Å². The van der Waals surface area contributed by atoms with Crippen LogP contribution in [0.1, 0.15) is 12.5 Å². The third-order valence-corrected chi connectivity index (χ3v) is 3.67.